The molecule has 3 aliphatic carbocycles. The Balaban J connectivity index is 1.30. The second-order valence-corrected chi connectivity index (χ2v) is 9.93. The topological polar surface area (TPSA) is 143 Å². The Bertz CT molecular complexity index is 813. The lowest BCUT2D eigenvalue weighted by molar-refractivity contribution is -0.164. The van der Waals surface area contributed by atoms with Crippen molar-refractivity contribution in [1.82, 2.24) is 0 Å². The molecule has 0 aliphatic heterocycles. The van der Waals surface area contributed by atoms with E-state index in [1.807, 2.05) is 0 Å². The number of carboxylic acid groups (broad SMARTS) is 1. The van der Waals surface area contributed by atoms with Gasteiger partial charge in [0, 0.05) is 6.08 Å². The van der Waals surface area contributed by atoms with Crippen LogP contribution in [0.5, 0.6) is 0 Å². The molecule has 3 aliphatic rings. The molecule has 10 nitrogen and oxygen atoms in total. The van der Waals surface area contributed by atoms with E-state index in [9.17, 15) is 24.0 Å². The monoisotopic (exact) mass is 508 g/mol. The molecule has 0 spiro atoms. The predicted molar refractivity (Wildman–Crippen MR) is 124 cm³/mol. The number of carboxylic acids is 1. The molecule has 0 heterocycles. The highest BCUT2D eigenvalue weighted by atomic mass is 16.6. The van der Waals surface area contributed by atoms with Gasteiger partial charge in [-0.05, 0) is 77.0 Å². The predicted octanol–water partition coefficient (Wildman–Crippen LogP) is 3.11. The quantitative estimate of drug-likeness (QED) is 0.280. The van der Waals surface area contributed by atoms with Gasteiger partial charge in [0.15, 0.2) is 6.61 Å². The molecule has 0 aromatic carbocycles. The van der Waals surface area contributed by atoms with Gasteiger partial charge in [-0.1, -0.05) is 6.58 Å². The van der Waals surface area contributed by atoms with Gasteiger partial charge in [0.25, 0.3) is 0 Å². The molecule has 0 amide bonds. The van der Waals surface area contributed by atoms with Crippen molar-refractivity contribution in [3.8, 4) is 0 Å². The van der Waals surface area contributed by atoms with Gasteiger partial charge < -0.3 is 24.1 Å². The van der Waals surface area contributed by atoms with E-state index < -0.39 is 24.5 Å². The lowest BCUT2D eigenvalue weighted by Gasteiger charge is -2.32. The fourth-order valence-electron chi connectivity index (χ4n) is 5.19. The zero-order valence-electron chi connectivity index (χ0n) is 20.6. The first-order valence-corrected chi connectivity index (χ1v) is 12.9. The first-order valence-electron chi connectivity index (χ1n) is 12.9. The third kappa shape index (κ3) is 8.34. The van der Waals surface area contributed by atoms with Gasteiger partial charge in [0.2, 0.25) is 0 Å². The first-order chi connectivity index (χ1) is 17.2. The molecular formula is C26H36O10. The Hall–Kier alpha value is -2.91. The van der Waals surface area contributed by atoms with E-state index in [2.05, 4.69) is 11.3 Å². The summed E-state index contributed by atoms with van der Waals surface area (Å²) in [5.41, 5.74) is 0. The molecule has 36 heavy (non-hydrogen) atoms. The van der Waals surface area contributed by atoms with Crippen LogP contribution in [-0.4, -0.2) is 59.9 Å². The SMILES string of the molecule is C=CC(=O)OCC(=O)OC1CCC(C(=O)OC2CCC(C(=O)OC3CCC(C(=O)O)CC3)CC2)CC1. The van der Waals surface area contributed by atoms with E-state index in [1.54, 1.807) is 0 Å². The van der Waals surface area contributed by atoms with Crippen molar-refractivity contribution in [2.75, 3.05) is 6.61 Å². The highest BCUT2D eigenvalue weighted by molar-refractivity contribution is 5.83. The summed E-state index contributed by atoms with van der Waals surface area (Å²) in [4.78, 5) is 59.0. The van der Waals surface area contributed by atoms with Crippen LogP contribution < -0.4 is 0 Å². The average molecular weight is 509 g/mol. The molecule has 3 fully saturated rings. The molecule has 1 N–H and O–H groups in total. The van der Waals surface area contributed by atoms with Crippen LogP contribution in [0.3, 0.4) is 0 Å². The van der Waals surface area contributed by atoms with Gasteiger partial charge >= 0.3 is 29.8 Å². The van der Waals surface area contributed by atoms with Gasteiger partial charge in [-0.3, -0.25) is 14.4 Å². The lowest BCUT2D eigenvalue weighted by Crippen LogP contribution is -2.35. The second-order valence-electron chi connectivity index (χ2n) is 9.93. The standard InChI is InChI=1S/C26H36O10/c1-2-22(27)33-15-23(28)34-19-11-5-17(6-12-19)25(31)36-21-13-7-18(8-14-21)26(32)35-20-9-3-16(4-10-20)24(29)30/h2,16-21H,1,3-15H2,(H,29,30). The third-order valence-electron chi connectivity index (χ3n) is 7.40. The minimum Gasteiger partial charge on any atom is -0.481 e. The van der Waals surface area contributed by atoms with E-state index in [1.165, 1.54) is 0 Å². The number of hydrogen-bond donors (Lipinski definition) is 1. The van der Waals surface area contributed by atoms with Gasteiger partial charge in [0.05, 0.1) is 17.8 Å². The van der Waals surface area contributed by atoms with Crippen molar-refractivity contribution in [2.45, 2.75) is 95.4 Å². The van der Waals surface area contributed by atoms with Crippen LogP contribution in [0.1, 0.15) is 77.0 Å². The Morgan fingerprint density at radius 2 is 1.03 bits per heavy atom. The Kier molecular flexibility index (Phi) is 10.3. The zero-order valence-corrected chi connectivity index (χ0v) is 20.6. The molecule has 10 heteroatoms. The van der Waals surface area contributed by atoms with Gasteiger partial charge in [-0.15, -0.1) is 0 Å². The van der Waals surface area contributed by atoms with Crippen LogP contribution in [0.2, 0.25) is 0 Å². The van der Waals surface area contributed by atoms with Crippen LogP contribution >= 0.6 is 0 Å². The smallest absolute Gasteiger partial charge is 0.344 e. The van der Waals surface area contributed by atoms with E-state index in [-0.39, 0.29) is 48.0 Å². The normalized spacial score (nSPS) is 30.3. The maximum atomic E-state index is 12.6. The largest absolute Gasteiger partial charge is 0.481 e. The molecule has 3 rings (SSSR count). The molecule has 0 atom stereocenters. The summed E-state index contributed by atoms with van der Waals surface area (Å²) in [6, 6.07) is 0. The molecule has 0 saturated heterocycles. The third-order valence-corrected chi connectivity index (χ3v) is 7.40. The van der Waals surface area contributed by atoms with Gasteiger partial charge in [-0.2, -0.15) is 0 Å². The van der Waals surface area contributed by atoms with E-state index in [0.717, 1.165) is 6.08 Å². The summed E-state index contributed by atoms with van der Waals surface area (Å²) in [7, 11) is 0. The van der Waals surface area contributed by atoms with E-state index >= 15 is 0 Å². The molecule has 0 unspecified atom stereocenters. The summed E-state index contributed by atoms with van der Waals surface area (Å²) >= 11 is 0. The number of aliphatic carboxylic acids is 1. The minimum atomic E-state index is -0.784. The summed E-state index contributed by atoms with van der Waals surface area (Å²) in [5.74, 6) is -3.39. The van der Waals surface area contributed by atoms with E-state index in [0.29, 0.717) is 77.0 Å². The van der Waals surface area contributed by atoms with Crippen molar-refractivity contribution in [2.24, 2.45) is 17.8 Å². The van der Waals surface area contributed by atoms with Crippen LogP contribution in [0, 0.1) is 17.8 Å². The summed E-state index contributed by atoms with van der Waals surface area (Å²) in [6.45, 7) is 2.79. The van der Waals surface area contributed by atoms with E-state index in [4.69, 9.17) is 19.3 Å². The maximum Gasteiger partial charge on any atom is 0.344 e. The number of esters is 4. The minimum absolute atomic E-state index is 0.208. The van der Waals surface area contributed by atoms with Crippen molar-refractivity contribution >= 4 is 29.8 Å². The van der Waals surface area contributed by atoms with Crippen LogP contribution in [0.15, 0.2) is 12.7 Å². The molecule has 0 bridgehead atoms. The van der Waals surface area contributed by atoms with Crippen molar-refractivity contribution in [1.29, 1.82) is 0 Å². The summed E-state index contributed by atoms with van der Waals surface area (Å²) < 4.78 is 21.3. The van der Waals surface area contributed by atoms with Crippen LogP contribution in [0.4, 0.5) is 0 Å². The molecule has 3 saturated carbocycles. The molecular weight excluding hydrogens is 472 g/mol. The lowest BCUT2D eigenvalue weighted by atomic mass is 9.85. The number of rotatable bonds is 9. The van der Waals surface area contributed by atoms with Crippen molar-refractivity contribution in [3.05, 3.63) is 12.7 Å². The zero-order chi connectivity index (χ0) is 26.1. The number of carbonyl (C=O) groups is 5. The fourth-order valence-corrected chi connectivity index (χ4v) is 5.19. The fraction of sp³-hybridized carbons (Fsp3) is 0.731. The summed E-state index contributed by atoms with van der Waals surface area (Å²) in [6.07, 6.45) is 7.04. The van der Waals surface area contributed by atoms with Gasteiger partial charge in [-0.25, -0.2) is 9.59 Å². The Morgan fingerprint density at radius 1 is 0.639 bits per heavy atom. The van der Waals surface area contributed by atoms with Crippen LogP contribution in [-0.2, 0) is 42.9 Å². The van der Waals surface area contributed by atoms with Crippen LogP contribution in [0.25, 0.3) is 0 Å². The number of carbonyl (C=O) groups excluding carboxylic acids is 4. The maximum absolute atomic E-state index is 12.6. The first kappa shape index (κ1) is 27.7. The Labute approximate surface area is 210 Å². The highest BCUT2D eigenvalue weighted by Gasteiger charge is 2.35. The summed E-state index contributed by atoms with van der Waals surface area (Å²) in [5, 5.41) is 9.09. The number of ether oxygens (including phenoxy) is 4. The Morgan fingerprint density at radius 3 is 1.42 bits per heavy atom. The number of hydrogen-bond acceptors (Lipinski definition) is 9. The molecule has 0 radical (unpaired) electrons. The van der Waals surface area contributed by atoms with Crippen molar-refractivity contribution < 1.29 is 48.0 Å². The average Bonchev–Trinajstić information content (AvgIpc) is 2.88. The molecule has 0 aromatic heterocycles. The molecule has 0 aromatic rings. The molecule has 200 valence electrons. The second kappa shape index (κ2) is 13.4. The van der Waals surface area contributed by atoms with Gasteiger partial charge in [0.1, 0.15) is 18.3 Å². The highest BCUT2D eigenvalue weighted by Crippen LogP contribution is 2.33. The van der Waals surface area contributed by atoms with Crippen molar-refractivity contribution in [3.63, 3.8) is 0 Å².